The van der Waals surface area contributed by atoms with Crippen molar-refractivity contribution in [3.05, 3.63) is 0 Å². The number of Topliss-reactive ketones (excluding diaryl/α,β-unsaturated/α-hetero) is 1. The van der Waals surface area contributed by atoms with Crippen LogP contribution in [-0.4, -0.2) is 41.5 Å². The average Bonchev–Trinajstić information content (AvgIpc) is 2.39. The minimum atomic E-state index is -0.312. The maximum absolute atomic E-state index is 11.8. The Morgan fingerprint density at radius 1 is 0.889 bits per heavy atom. The first-order valence-electron chi connectivity index (χ1n) is 5.01. The van der Waals surface area contributed by atoms with Crippen LogP contribution in [0.2, 0.25) is 0 Å². The first-order chi connectivity index (χ1) is 8.42. The first-order valence-corrected chi connectivity index (χ1v) is 5.82. The molecule has 0 atom stereocenters. The average molecular weight is 288 g/mol. The molecule has 9 heteroatoms. The highest BCUT2D eigenvalue weighted by Crippen LogP contribution is 1.85. The Morgan fingerprint density at radius 3 is 1.50 bits per heavy atom. The molecule has 0 spiro atoms. The van der Waals surface area contributed by atoms with E-state index in [-0.39, 0.29) is 17.2 Å². The van der Waals surface area contributed by atoms with E-state index in [9.17, 15) is 4.79 Å². The van der Waals surface area contributed by atoms with Crippen LogP contribution in [0.4, 0.5) is 0 Å². The molecule has 0 rings (SSSR count). The van der Waals surface area contributed by atoms with Crippen molar-refractivity contribution in [3.63, 3.8) is 0 Å². The number of hydrogen-bond donors (Lipinski definition) is 4. The number of carbonyl (C=O) groups excluding carboxylic acids is 1. The molecule has 0 aromatic carbocycles. The van der Waals surface area contributed by atoms with Gasteiger partial charge in [0.1, 0.15) is 11.4 Å². The molecule has 0 heterocycles. The van der Waals surface area contributed by atoms with Gasteiger partial charge in [-0.1, -0.05) is 0 Å². The SMILES string of the molecule is CNC(=S)N/N=C(\C)C(=O)/C(C)=N/NC(=S)NC. The number of carbonyl (C=O) groups is 1. The summed E-state index contributed by atoms with van der Waals surface area (Å²) in [5, 5.41) is 13.6. The summed E-state index contributed by atoms with van der Waals surface area (Å²) in [5.74, 6) is -0.312. The van der Waals surface area contributed by atoms with E-state index in [4.69, 9.17) is 24.4 Å². The molecule has 0 fully saturated rings. The highest BCUT2D eigenvalue weighted by atomic mass is 32.1. The molecule has 4 N–H and O–H groups in total. The predicted octanol–water partition coefficient (Wildman–Crippen LogP) is -0.505. The summed E-state index contributed by atoms with van der Waals surface area (Å²) in [4.78, 5) is 11.8. The molecule has 0 saturated heterocycles. The van der Waals surface area contributed by atoms with Gasteiger partial charge in [-0.2, -0.15) is 10.2 Å². The molecule has 100 valence electrons. The molecule has 0 radical (unpaired) electrons. The van der Waals surface area contributed by atoms with Crippen molar-refractivity contribution in [2.24, 2.45) is 10.2 Å². The fraction of sp³-hybridized carbons (Fsp3) is 0.444. The third-order valence-electron chi connectivity index (χ3n) is 1.76. The van der Waals surface area contributed by atoms with Gasteiger partial charge in [0.2, 0.25) is 5.78 Å². The van der Waals surface area contributed by atoms with Crippen molar-refractivity contribution in [2.75, 3.05) is 14.1 Å². The quantitative estimate of drug-likeness (QED) is 0.315. The molecule has 0 aliphatic rings. The Morgan fingerprint density at radius 2 is 1.22 bits per heavy atom. The fourth-order valence-corrected chi connectivity index (χ4v) is 0.836. The molecular weight excluding hydrogens is 272 g/mol. The van der Waals surface area contributed by atoms with E-state index < -0.39 is 0 Å². The number of nitrogens with zero attached hydrogens (tertiary/aromatic N) is 2. The highest BCUT2D eigenvalue weighted by Gasteiger charge is 2.10. The summed E-state index contributed by atoms with van der Waals surface area (Å²) in [7, 11) is 3.30. The molecule has 0 aliphatic heterocycles. The summed E-state index contributed by atoms with van der Waals surface area (Å²) in [5.41, 5.74) is 5.52. The number of hydrogen-bond acceptors (Lipinski definition) is 5. The van der Waals surface area contributed by atoms with E-state index in [2.05, 4.69) is 31.7 Å². The van der Waals surface area contributed by atoms with Crippen LogP contribution in [0.1, 0.15) is 13.8 Å². The summed E-state index contributed by atoms with van der Waals surface area (Å²) in [6.45, 7) is 3.12. The molecular formula is C9H16N6OS2. The van der Waals surface area contributed by atoms with E-state index in [0.29, 0.717) is 10.2 Å². The second-order valence-corrected chi connectivity index (χ2v) is 3.92. The van der Waals surface area contributed by atoms with Crippen LogP contribution in [0.5, 0.6) is 0 Å². The normalized spacial score (nSPS) is 11.6. The zero-order chi connectivity index (χ0) is 14.1. The van der Waals surface area contributed by atoms with Gasteiger partial charge in [-0.05, 0) is 38.3 Å². The summed E-state index contributed by atoms with van der Waals surface area (Å²) < 4.78 is 0. The second-order valence-electron chi connectivity index (χ2n) is 3.11. The van der Waals surface area contributed by atoms with Gasteiger partial charge >= 0.3 is 0 Å². The lowest BCUT2D eigenvalue weighted by Crippen LogP contribution is -2.33. The molecule has 0 amide bonds. The van der Waals surface area contributed by atoms with Crippen LogP contribution in [0.15, 0.2) is 10.2 Å². The van der Waals surface area contributed by atoms with E-state index in [0.717, 1.165) is 0 Å². The van der Waals surface area contributed by atoms with Crippen LogP contribution in [0.25, 0.3) is 0 Å². The van der Waals surface area contributed by atoms with E-state index in [1.165, 1.54) is 0 Å². The number of nitrogens with one attached hydrogen (secondary N) is 4. The molecule has 18 heavy (non-hydrogen) atoms. The highest BCUT2D eigenvalue weighted by molar-refractivity contribution is 7.80. The van der Waals surface area contributed by atoms with Gasteiger partial charge in [0.05, 0.1) is 0 Å². The first kappa shape index (κ1) is 16.4. The van der Waals surface area contributed by atoms with Crippen LogP contribution in [-0.2, 0) is 4.79 Å². The molecule has 0 unspecified atom stereocenters. The van der Waals surface area contributed by atoms with Crippen LogP contribution in [0, 0.1) is 0 Å². The molecule has 7 nitrogen and oxygen atoms in total. The Hall–Kier alpha value is -1.61. The number of thiocarbonyl (C=S) groups is 2. The maximum Gasteiger partial charge on any atom is 0.224 e. The third kappa shape index (κ3) is 6.21. The van der Waals surface area contributed by atoms with Gasteiger partial charge in [-0.25, -0.2) is 0 Å². The number of rotatable bonds is 4. The maximum atomic E-state index is 11.8. The smallest absolute Gasteiger partial charge is 0.224 e. The fourth-order valence-electron chi connectivity index (χ4n) is 0.744. The van der Waals surface area contributed by atoms with Crippen molar-refractivity contribution in [1.29, 1.82) is 0 Å². The molecule has 0 aromatic rings. The molecule has 0 saturated carbocycles. The molecule has 0 aliphatic carbocycles. The topological polar surface area (TPSA) is 89.9 Å². The van der Waals surface area contributed by atoms with Crippen molar-refractivity contribution in [3.8, 4) is 0 Å². The zero-order valence-electron chi connectivity index (χ0n) is 10.6. The summed E-state index contributed by atoms with van der Waals surface area (Å²) in [6, 6.07) is 0. The second kappa shape index (κ2) is 8.48. The minimum absolute atomic E-state index is 0.242. The lowest BCUT2D eigenvalue weighted by molar-refractivity contribution is -0.107. The predicted molar refractivity (Wildman–Crippen MR) is 80.8 cm³/mol. The summed E-state index contributed by atoms with van der Waals surface area (Å²) >= 11 is 9.64. The lowest BCUT2D eigenvalue weighted by atomic mass is 10.2. The zero-order valence-corrected chi connectivity index (χ0v) is 12.3. The van der Waals surface area contributed by atoms with Crippen molar-refractivity contribution < 1.29 is 4.79 Å². The van der Waals surface area contributed by atoms with Crippen molar-refractivity contribution in [2.45, 2.75) is 13.8 Å². The van der Waals surface area contributed by atoms with Crippen molar-refractivity contribution in [1.82, 2.24) is 21.5 Å². The summed E-state index contributed by atoms with van der Waals surface area (Å²) in [6.07, 6.45) is 0. The Labute approximate surface area is 116 Å². The molecule has 0 aromatic heterocycles. The molecule has 0 bridgehead atoms. The van der Waals surface area contributed by atoms with Crippen LogP contribution in [0.3, 0.4) is 0 Å². The number of ketones is 1. The lowest BCUT2D eigenvalue weighted by Gasteiger charge is -2.04. The van der Waals surface area contributed by atoms with Gasteiger partial charge in [-0.3, -0.25) is 15.6 Å². The standard InChI is InChI=1S/C9H16N6OS2/c1-5(12-14-8(17)10-3)7(16)6(2)13-15-9(18)11-4/h1-4H3,(H2,10,14,17)(H2,11,15,18)/b12-5+,13-6+. The van der Waals surface area contributed by atoms with Gasteiger partial charge in [0.15, 0.2) is 10.2 Å². The van der Waals surface area contributed by atoms with Crippen LogP contribution < -0.4 is 21.5 Å². The largest absolute Gasteiger partial charge is 0.364 e. The van der Waals surface area contributed by atoms with Gasteiger partial charge < -0.3 is 10.6 Å². The van der Waals surface area contributed by atoms with Gasteiger partial charge in [-0.15, -0.1) is 0 Å². The van der Waals surface area contributed by atoms with Gasteiger partial charge in [0, 0.05) is 14.1 Å². The third-order valence-corrected chi connectivity index (χ3v) is 2.35. The van der Waals surface area contributed by atoms with Crippen molar-refractivity contribution >= 4 is 51.9 Å². The monoisotopic (exact) mass is 288 g/mol. The Bertz CT molecular complexity index is 368. The minimum Gasteiger partial charge on any atom is -0.364 e. The van der Waals surface area contributed by atoms with Crippen LogP contribution >= 0.6 is 24.4 Å². The Kier molecular flexibility index (Phi) is 7.72. The number of hydrazone groups is 2. The van der Waals surface area contributed by atoms with Gasteiger partial charge in [0.25, 0.3) is 0 Å². The van der Waals surface area contributed by atoms with E-state index in [1.807, 2.05) is 0 Å². The van der Waals surface area contributed by atoms with E-state index in [1.54, 1.807) is 27.9 Å². The van der Waals surface area contributed by atoms with E-state index >= 15 is 0 Å². The Balaban J connectivity index is 4.53.